The second-order valence-corrected chi connectivity index (χ2v) is 4.80. The molecule has 8 heteroatoms. The van der Waals surface area contributed by atoms with Gasteiger partial charge in [-0.2, -0.15) is 4.98 Å². The third kappa shape index (κ3) is 2.29. The summed E-state index contributed by atoms with van der Waals surface area (Å²) in [5, 5.41) is 13.5. The average Bonchev–Trinajstić information content (AvgIpc) is 2.81. The minimum Gasteiger partial charge on any atom is -0.480 e. The van der Waals surface area contributed by atoms with Crippen molar-refractivity contribution in [1.82, 2.24) is 20.0 Å². The minimum atomic E-state index is -0.794. The van der Waals surface area contributed by atoms with Gasteiger partial charge in [0, 0.05) is 26.2 Å². The molecule has 0 aliphatic carbocycles. The summed E-state index contributed by atoms with van der Waals surface area (Å²) < 4.78 is 5.14. The van der Waals surface area contributed by atoms with Crippen LogP contribution in [0.15, 0.2) is 10.9 Å². The average molecular weight is 277 g/mol. The molecular weight excluding hydrogens is 262 g/mol. The lowest BCUT2D eigenvalue weighted by Gasteiger charge is -2.34. The van der Waals surface area contributed by atoms with Crippen LogP contribution in [0.1, 0.15) is 5.69 Å². The van der Waals surface area contributed by atoms with Gasteiger partial charge in [0.25, 0.3) is 5.71 Å². The number of aryl methyl sites for hydroxylation is 1. The molecule has 0 bridgehead atoms. The molecule has 1 aliphatic heterocycles. The number of anilines is 1. The number of carbonyl (C=O) groups is 1. The van der Waals surface area contributed by atoms with Gasteiger partial charge in [0.1, 0.15) is 17.5 Å². The number of carboxylic acid groups (broad SMARTS) is 1. The smallest absolute Gasteiger partial charge is 0.317 e. The van der Waals surface area contributed by atoms with Crippen LogP contribution in [0.3, 0.4) is 0 Å². The minimum absolute atomic E-state index is 0.0827. The summed E-state index contributed by atoms with van der Waals surface area (Å²) in [6, 6.07) is 0. The number of aliphatic carboxylic acids is 1. The summed E-state index contributed by atoms with van der Waals surface area (Å²) in [6.45, 7) is 4.79. The van der Waals surface area contributed by atoms with Crippen molar-refractivity contribution in [3.8, 4) is 0 Å². The first-order valence-corrected chi connectivity index (χ1v) is 6.41. The van der Waals surface area contributed by atoms with Crippen LogP contribution >= 0.6 is 0 Å². The van der Waals surface area contributed by atoms with E-state index < -0.39 is 5.97 Å². The van der Waals surface area contributed by atoms with Crippen LogP contribution in [0, 0.1) is 6.92 Å². The van der Waals surface area contributed by atoms with Gasteiger partial charge in [-0.05, 0) is 6.92 Å². The van der Waals surface area contributed by atoms with Crippen LogP contribution in [0.5, 0.6) is 0 Å². The number of carboxylic acids is 1. The lowest BCUT2D eigenvalue weighted by molar-refractivity contribution is -0.138. The van der Waals surface area contributed by atoms with Gasteiger partial charge < -0.3 is 14.5 Å². The maximum absolute atomic E-state index is 10.7. The third-order valence-corrected chi connectivity index (χ3v) is 3.45. The molecule has 8 nitrogen and oxygen atoms in total. The number of rotatable bonds is 3. The summed E-state index contributed by atoms with van der Waals surface area (Å²) in [5.74, 6) is 0.0153. The van der Waals surface area contributed by atoms with Crippen LogP contribution in [-0.2, 0) is 4.79 Å². The molecule has 0 atom stereocenters. The Kier molecular flexibility index (Phi) is 3.23. The number of hydrogen-bond donors (Lipinski definition) is 1. The SMILES string of the molecule is Cc1noc2ncnc(N3CCN(CC(=O)O)CC3)c12. The van der Waals surface area contributed by atoms with Gasteiger partial charge in [-0.15, -0.1) is 0 Å². The Morgan fingerprint density at radius 2 is 2.10 bits per heavy atom. The molecule has 106 valence electrons. The van der Waals surface area contributed by atoms with Crippen LogP contribution < -0.4 is 4.90 Å². The first-order valence-electron chi connectivity index (χ1n) is 6.41. The summed E-state index contributed by atoms with van der Waals surface area (Å²) in [4.78, 5) is 23.1. The standard InChI is InChI=1S/C12H15N5O3/c1-8-10-11(13-7-14-12(10)20-15-8)17-4-2-16(3-5-17)6-9(18)19/h7H,2-6H2,1H3,(H,18,19). The molecule has 1 saturated heterocycles. The Hall–Kier alpha value is -2.22. The number of nitrogens with zero attached hydrogens (tertiary/aromatic N) is 5. The van der Waals surface area contributed by atoms with Gasteiger partial charge in [0.05, 0.1) is 12.2 Å². The molecule has 20 heavy (non-hydrogen) atoms. The number of fused-ring (bicyclic) bond motifs is 1. The highest BCUT2D eigenvalue weighted by Crippen LogP contribution is 2.26. The number of piperazine rings is 1. The maximum atomic E-state index is 10.7. The Morgan fingerprint density at radius 1 is 1.35 bits per heavy atom. The summed E-state index contributed by atoms with van der Waals surface area (Å²) in [5.41, 5.74) is 1.25. The molecule has 0 aromatic carbocycles. The molecule has 0 unspecified atom stereocenters. The predicted octanol–water partition coefficient (Wildman–Crippen LogP) is 0.133. The zero-order valence-electron chi connectivity index (χ0n) is 11.1. The predicted molar refractivity (Wildman–Crippen MR) is 70.6 cm³/mol. The second-order valence-electron chi connectivity index (χ2n) is 4.80. The Labute approximate surface area is 115 Å². The topological polar surface area (TPSA) is 95.6 Å². The number of aromatic nitrogens is 3. The van der Waals surface area contributed by atoms with Crippen molar-refractivity contribution in [2.75, 3.05) is 37.6 Å². The molecule has 2 aromatic heterocycles. The zero-order chi connectivity index (χ0) is 14.1. The molecule has 0 spiro atoms. The summed E-state index contributed by atoms with van der Waals surface area (Å²) >= 11 is 0. The lowest BCUT2D eigenvalue weighted by Crippen LogP contribution is -2.48. The van der Waals surface area contributed by atoms with Gasteiger partial charge >= 0.3 is 5.97 Å². The molecular formula is C12H15N5O3. The summed E-state index contributed by atoms with van der Waals surface area (Å²) in [6.07, 6.45) is 1.46. The van der Waals surface area contributed by atoms with Crippen LogP contribution in [-0.4, -0.2) is 63.8 Å². The first-order chi connectivity index (χ1) is 9.65. The van der Waals surface area contributed by atoms with Crippen molar-refractivity contribution in [3.63, 3.8) is 0 Å². The van der Waals surface area contributed by atoms with Crippen LogP contribution in [0.25, 0.3) is 11.1 Å². The van der Waals surface area contributed by atoms with E-state index in [4.69, 9.17) is 9.63 Å². The highest BCUT2D eigenvalue weighted by molar-refractivity contribution is 5.87. The molecule has 1 aliphatic rings. The fourth-order valence-electron chi connectivity index (χ4n) is 2.45. The van der Waals surface area contributed by atoms with Gasteiger partial charge in [0.2, 0.25) is 0 Å². The van der Waals surface area contributed by atoms with E-state index >= 15 is 0 Å². The van der Waals surface area contributed by atoms with E-state index in [-0.39, 0.29) is 6.54 Å². The van der Waals surface area contributed by atoms with E-state index in [1.165, 1.54) is 6.33 Å². The normalized spacial score (nSPS) is 16.8. The quantitative estimate of drug-likeness (QED) is 0.846. The Morgan fingerprint density at radius 3 is 2.80 bits per heavy atom. The highest BCUT2D eigenvalue weighted by Gasteiger charge is 2.23. The van der Waals surface area contributed by atoms with Crippen molar-refractivity contribution in [2.24, 2.45) is 0 Å². The van der Waals surface area contributed by atoms with E-state index in [2.05, 4.69) is 20.0 Å². The lowest BCUT2D eigenvalue weighted by atomic mass is 10.2. The van der Waals surface area contributed by atoms with E-state index in [1.54, 1.807) is 0 Å². The van der Waals surface area contributed by atoms with E-state index in [1.807, 2.05) is 11.8 Å². The molecule has 0 radical (unpaired) electrons. The zero-order valence-corrected chi connectivity index (χ0v) is 11.1. The van der Waals surface area contributed by atoms with Gasteiger partial charge in [-0.25, -0.2) is 4.98 Å². The molecule has 0 amide bonds. The second kappa shape index (κ2) is 5.04. The summed E-state index contributed by atoms with van der Waals surface area (Å²) in [7, 11) is 0. The Balaban J connectivity index is 1.80. The first kappa shape index (κ1) is 12.8. The number of hydrogen-bond acceptors (Lipinski definition) is 7. The highest BCUT2D eigenvalue weighted by atomic mass is 16.5. The van der Waals surface area contributed by atoms with Gasteiger partial charge in [-0.1, -0.05) is 5.16 Å². The monoisotopic (exact) mass is 277 g/mol. The van der Waals surface area contributed by atoms with Crippen molar-refractivity contribution < 1.29 is 14.4 Å². The molecule has 3 rings (SSSR count). The van der Waals surface area contributed by atoms with Gasteiger partial charge in [0.15, 0.2) is 0 Å². The van der Waals surface area contributed by atoms with Crippen LogP contribution in [0.4, 0.5) is 5.82 Å². The molecule has 2 aromatic rings. The van der Waals surface area contributed by atoms with Gasteiger partial charge in [-0.3, -0.25) is 9.69 Å². The van der Waals surface area contributed by atoms with Crippen molar-refractivity contribution in [1.29, 1.82) is 0 Å². The van der Waals surface area contributed by atoms with E-state index in [0.717, 1.165) is 30.0 Å². The van der Waals surface area contributed by atoms with Crippen molar-refractivity contribution in [2.45, 2.75) is 6.92 Å². The van der Waals surface area contributed by atoms with Crippen LogP contribution in [0.2, 0.25) is 0 Å². The molecule has 1 N–H and O–H groups in total. The largest absolute Gasteiger partial charge is 0.480 e. The molecule has 1 fully saturated rings. The van der Waals surface area contributed by atoms with Crippen molar-refractivity contribution >= 4 is 22.9 Å². The fourth-order valence-corrected chi connectivity index (χ4v) is 2.45. The third-order valence-electron chi connectivity index (χ3n) is 3.45. The fraction of sp³-hybridized carbons (Fsp3) is 0.500. The maximum Gasteiger partial charge on any atom is 0.317 e. The molecule has 0 saturated carbocycles. The van der Waals surface area contributed by atoms with Crippen molar-refractivity contribution in [3.05, 3.63) is 12.0 Å². The van der Waals surface area contributed by atoms with E-state index in [0.29, 0.717) is 18.8 Å². The Bertz CT molecular complexity index is 633. The molecule has 3 heterocycles. The van der Waals surface area contributed by atoms with E-state index in [9.17, 15) is 4.79 Å².